The Kier molecular flexibility index (Phi) is 3.32. The van der Waals surface area contributed by atoms with E-state index in [4.69, 9.17) is 5.11 Å². The van der Waals surface area contributed by atoms with E-state index in [1.54, 1.807) is 17.9 Å². The Balaban J connectivity index is 2.21. The van der Waals surface area contributed by atoms with Crippen molar-refractivity contribution in [3.8, 4) is 0 Å². The summed E-state index contributed by atoms with van der Waals surface area (Å²) >= 11 is 0. The van der Waals surface area contributed by atoms with Crippen LogP contribution in [-0.2, 0) is 20.0 Å². The molecule has 0 atom stereocenters. The van der Waals surface area contributed by atoms with Crippen LogP contribution in [-0.4, -0.2) is 30.3 Å². The van der Waals surface area contributed by atoms with Gasteiger partial charge in [-0.15, -0.1) is 0 Å². The summed E-state index contributed by atoms with van der Waals surface area (Å²) in [7, 11) is 1.78. The molecule has 8 nitrogen and oxygen atoms in total. The molecular weight excluding hydrogens is 252 g/mol. The van der Waals surface area contributed by atoms with Crippen LogP contribution in [0.4, 0.5) is 5.69 Å². The van der Waals surface area contributed by atoms with Gasteiger partial charge in [0.05, 0.1) is 11.1 Å². The Labute approximate surface area is 108 Å². The molecular formula is C11H12N4O4. The van der Waals surface area contributed by atoms with Crippen LogP contribution in [0.1, 0.15) is 16.2 Å². The van der Waals surface area contributed by atoms with E-state index in [9.17, 15) is 14.9 Å². The fraction of sp³-hybridized carbons (Fsp3) is 0.273. The SMILES string of the molecule is Cn1nccc1CCn1cc([N+](=O)[O-])cc1C(=O)O. The number of aromatic carboxylic acids is 1. The zero-order valence-corrected chi connectivity index (χ0v) is 10.2. The van der Waals surface area contributed by atoms with Crippen LogP contribution >= 0.6 is 0 Å². The number of aromatic nitrogens is 3. The molecule has 0 saturated heterocycles. The lowest BCUT2D eigenvalue weighted by molar-refractivity contribution is -0.384. The lowest BCUT2D eigenvalue weighted by atomic mass is 10.3. The largest absolute Gasteiger partial charge is 0.477 e. The Hall–Kier alpha value is -2.64. The smallest absolute Gasteiger partial charge is 0.352 e. The minimum Gasteiger partial charge on any atom is -0.477 e. The van der Waals surface area contributed by atoms with Crippen LogP contribution in [0.25, 0.3) is 0 Å². The molecule has 0 spiro atoms. The fourth-order valence-corrected chi connectivity index (χ4v) is 1.84. The number of rotatable bonds is 5. The summed E-state index contributed by atoms with van der Waals surface area (Å²) in [4.78, 5) is 21.1. The van der Waals surface area contributed by atoms with Crippen molar-refractivity contribution in [2.45, 2.75) is 13.0 Å². The average molecular weight is 264 g/mol. The zero-order chi connectivity index (χ0) is 14.0. The fourth-order valence-electron chi connectivity index (χ4n) is 1.84. The molecule has 2 rings (SSSR count). The molecule has 2 aromatic heterocycles. The summed E-state index contributed by atoms with van der Waals surface area (Å²) in [6, 6.07) is 2.88. The number of nitro groups is 1. The maximum Gasteiger partial charge on any atom is 0.352 e. The van der Waals surface area contributed by atoms with Crippen LogP contribution in [0.3, 0.4) is 0 Å². The van der Waals surface area contributed by atoms with E-state index >= 15 is 0 Å². The van der Waals surface area contributed by atoms with E-state index in [1.807, 2.05) is 6.07 Å². The van der Waals surface area contributed by atoms with Gasteiger partial charge in [-0.3, -0.25) is 14.8 Å². The number of hydrogen-bond donors (Lipinski definition) is 1. The summed E-state index contributed by atoms with van der Waals surface area (Å²) < 4.78 is 3.05. The molecule has 100 valence electrons. The van der Waals surface area contributed by atoms with Crippen LogP contribution < -0.4 is 0 Å². The number of carbonyl (C=O) groups is 1. The second-order valence-electron chi connectivity index (χ2n) is 4.04. The Morgan fingerprint density at radius 3 is 2.84 bits per heavy atom. The third kappa shape index (κ3) is 2.62. The van der Waals surface area contributed by atoms with Gasteiger partial charge >= 0.3 is 5.97 Å². The van der Waals surface area contributed by atoms with Gasteiger partial charge in [0.25, 0.3) is 5.69 Å². The molecule has 0 bridgehead atoms. The van der Waals surface area contributed by atoms with Gasteiger partial charge in [0.2, 0.25) is 0 Å². The monoisotopic (exact) mass is 264 g/mol. The van der Waals surface area contributed by atoms with Crippen molar-refractivity contribution in [2.24, 2.45) is 7.05 Å². The van der Waals surface area contributed by atoms with Crippen LogP contribution in [0.5, 0.6) is 0 Å². The summed E-state index contributed by atoms with van der Waals surface area (Å²) in [5.74, 6) is -1.18. The molecule has 0 saturated carbocycles. The first-order valence-corrected chi connectivity index (χ1v) is 5.54. The molecule has 0 fully saturated rings. The first-order valence-electron chi connectivity index (χ1n) is 5.54. The summed E-state index contributed by atoms with van der Waals surface area (Å²) in [6.07, 6.45) is 3.42. The Morgan fingerprint density at radius 1 is 1.58 bits per heavy atom. The molecule has 19 heavy (non-hydrogen) atoms. The minimum atomic E-state index is -1.18. The molecule has 0 aliphatic heterocycles. The van der Waals surface area contributed by atoms with E-state index in [0.29, 0.717) is 13.0 Å². The molecule has 0 aliphatic rings. The van der Waals surface area contributed by atoms with Crippen molar-refractivity contribution in [1.29, 1.82) is 0 Å². The van der Waals surface area contributed by atoms with E-state index in [0.717, 1.165) is 11.8 Å². The Morgan fingerprint density at radius 2 is 2.32 bits per heavy atom. The van der Waals surface area contributed by atoms with Crippen LogP contribution in [0.15, 0.2) is 24.5 Å². The number of hydrogen-bond acceptors (Lipinski definition) is 4. The van der Waals surface area contributed by atoms with Crippen LogP contribution in [0, 0.1) is 10.1 Å². The van der Waals surface area contributed by atoms with Crippen molar-refractivity contribution >= 4 is 11.7 Å². The van der Waals surface area contributed by atoms with E-state index in [1.165, 1.54) is 10.8 Å². The quantitative estimate of drug-likeness (QED) is 0.642. The molecule has 0 aromatic carbocycles. The van der Waals surface area contributed by atoms with Gasteiger partial charge in [-0.1, -0.05) is 0 Å². The molecule has 2 aromatic rings. The summed E-state index contributed by atoms with van der Waals surface area (Å²) in [6.45, 7) is 0.342. The van der Waals surface area contributed by atoms with Gasteiger partial charge in [-0.2, -0.15) is 5.10 Å². The summed E-state index contributed by atoms with van der Waals surface area (Å²) in [5, 5.41) is 23.7. The van der Waals surface area contributed by atoms with Gasteiger partial charge in [0, 0.05) is 38.0 Å². The van der Waals surface area contributed by atoms with Gasteiger partial charge in [-0.05, 0) is 6.07 Å². The molecule has 0 aliphatic carbocycles. The first kappa shape index (κ1) is 12.8. The second kappa shape index (κ2) is 4.92. The molecule has 0 radical (unpaired) electrons. The first-order chi connectivity index (χ1) is 8.99. The second-order valence-corrected chi connectivity index (χ2v) is 4.04. The minimum absolute atomic E-state index is 0.0890. The van der Waals surface area contributed by atoms with Gasteiger partial charge in [0.15, 0.2) is 0 Å². The lowest BCUT2D eigenvalue weighted by Gasteiger charge is -2.05. The molecule has 2 heterocycles. The van der Waals surface area contributed by atoms with Crippen molar-refractivity contribution in [1.82, 2.24) is 14.3 Å². The molecule has 0 amide bonds. The lowest BCUT2D eigenvalue weighted by Crippen LogP contribution is -2.10. The van der Waals surface area contributed by atoms with Gasteiger partial charge in [0.1, 0.15) is 5.69 Å². The van der Waals surface area contributed by atoms with Gasteiger partial charge in [-0.25, -0.2) is 4.79 Å². The molecule has 0 unspecified atom stereocenters. The number of carboxylic acid groups (broad SMARTS) is 1. The van der Waals surface area contributed by atoms with E-state index < -0.39 is 10.9 Å². The van der Waals surface area contributed by atoms with Crippen molar-refractivity contribution in [3.05, 3.63) is 46.0 Å². The number of nitrogens with zero attached hydrogens (tertiary/aromatic N) is 4. The third-order valence-corrected chi connectivity index (χ3v) is 2.84. The normalized spacial score (nSPS) is 10.6. The summed E-state index contributed by atoms with van der Waals surface area (Å²) in [5.41, 5.74) is 0.615. The van der Waals surface area contributed by atoms with E-state index in [-0.39, 0.29) is 11.4 Å². The predicted molar refractivity (Wildman–Crippen MR) is 65.0 cm³/mol. The highest BCUT2D eigenvalue weighted by molar-refractivity contribution is 5.86. The van der Waals surface area contributed by atoms with Crippen LogP contribution in [0.2, 0.25) is 0 Å². The predicted octanol–water partition coefficient (Wildman–Crippen LogP) is 1.07. The standard InChI is InChI=1S/C11H12N4O4/c1-13-8(2-4-12-13)3-5-14-7-9(15(18)19)6-10(14)11(16)17/h2,4,6-7H,3,5H2,1H3,(H,16,17). The number of carboxylic acids is 1. The average Bonchev–Trinajstić information content (AvgIpc) is 2.92. The highest BCUT2D eigenvalue weighted by atomic mass is 16.6. The maximum atomic E-state index is 11.0. The number of aryl methyl sites for hydroxylation is 3. The van der Waals surface area contributed by atoms with Gasteiger partial charge < -0.3 is 9.67 Å². The van der Waals surface area contributed by atoms with E-state index in [2.05, 4.69) is 5.10 Å². The van der Waals surface area contributed by atoms with Crippen molar-refractivity contribution in [2.75, 3.05) is 0 Å². The zero-order valence-electron chi connectivity index (χ0n) is 10.2. The molecule has 1 N–H and O–H groups in total. The highest BCUT2D eigenvalue weighted by Gasteiger charge is 2.18. The van der Waals surface area contributed by atoms with Crippen molar-refractivity contribution < 1.29 is 14.8 Å². The topological polar surface area (TPSA) is 103 Å². The van der Waals surface area contributed by atoms with Crippen molar-refractivity contribution in [3.63, 3.8) is 0 Å². The third-order valence-electron chi connectivity index (χ3n) is 2.84. The molecule has 8 heteroatoms. The maximum absolute atomic E-state index is 11.0. The highest BCUT2D eigenvalue weighted by Crippen LogP contribution is 2.17. The Bertz CT molecular complexity index is 628.